The number of benzene rings is 2. The van der Waals surface area contributed by atoms with Crippen LogP contribution in [0.3, 0.4) is 0 Å². The van der Waals surface area contributed by atoms with Crippen molar-refractivity contribution in [1.29, 1.82) is 0 Å². The molecule has 2 amide bonds. The lowest BCUT2D eigenvalue weighted by atomic mass is 10.1. The van der Waals surface area contributed by atoms with Crippen molar-refractivity contribution >= 4 is 72.8 Å². The molecule has 3 rings (SSSR count). The van der Waals surface area contributed by atoms with Gasteiger partial charge >= 0.3 is 11.9 Å². The quantitative estimate of drug-likeness (QED) is 0.330. The van der Waals surface area contributed by atoms with Crippen molar-refractivity contribution in [3.63, 3.8) is 0 Å². The number of carbonyl (C=O) groups excluding carboxylic acids is 3. The van der Waals surface area contributed by atoms with E-state index in [-0.39, 0.29) is 23.7 Å². The minimum Gasteiger partial charge on any atom is -0.487 e. The molecule has 0 aromatic heterocycles. The number of hydrogen-bond donors (Lipinski definition) is 1. The molecule has 1 heterocycles. The van der Waals surface area contributed by atoms with Gasteiger partial charge in [-0.05, 0) is 92.0 Å². The summed E-state index contributed by atoms with van der Waals surface area (Å²) < 4.78 is 11.9. The zero-order chi connectivity index (χ0) is 24.1. The van der Waals surface area contributed by atoms with E-state index in [1.807, 2.05) is 0 Å². The Balaban J connectivity index is 1.72. The highest BCUT2D eigenvalue weighted by atomic mass is 79.9. The van der Waals surface area contributed by atoms with Gasteiger partial charge in [0.15, 0.2) is 0 Å². The lowest BCUT2D eigenvalue weighted by Crippen LogP contribution is -2.34. The molecule has 33 heavy (non-hydrogen) atoms. The third kappa shape index (κ3) is 6.24. The molecule has 8 nitrogen and oxygen atoms in total. The molecule has 2 aromatic carbocycles. The van der Waals surface area contributed by atoms with E-state index >= 15 is 0 Å². The first-order valence-corrected chi connectivity index (χ1v) is 11.9. The summed E-state index contributed by atoms with van der Waals surface area (Å²) in [5.74, 6) is -1.69. The highest BCUT2D eigenvalue weighted by Gasteiger charge is 2.36. The molecule has 172 valence electrons. The van der Waals surface area contributed by atoms with Crippen LogP contribution in [0.15, 0.2) is 50.2 Å². The van der Waals surface area contributed by atoms with Crippen LogP contribution in [0.1, 0.15) is 28.4 Å². The van der Waals surface area contributed by atoms with E-state index in [0.717, 1.165) is 22.2 Å². The highest BCUT2D eigenvalue weighted by molar-refractivity contribution is 9.11. The van der Waals surface area contributed by atoms with Crippen LogP contribution in [0, 0.1) is 0 Å². The number of esters is 1. The summed E-state index contributed by atoms with van der Waals surface area (Å²) in [4.78, 5) is 48.3. The van der Waals surface area contributed by atoms with Crippen molar-refractivity contribution in [1.82, 2.24) is 4.90 Å². The second-order valence-electron chi connectivity index (χ2n) is 6.68. The number of imide groups is 1. The van der Waals surface area contributed by atoms with Crippen LogP contribution in [0.4, 0.5) is 4.79 Å². The van der Waals surface area contributed by atoms with Gasteiger partial charge in [-0.2, -0.15) is 0 Å². The van der Waals surface area contributed by atoms with Gasteiger partial charge in [0.2, 0.25) is 0 Å². The topological polar surface area (TPSA) is 110 Å². The summed E-state index contributed by atoms with van der Waals surface area (Å²) in [6.45, 7) is 1.59. The molecule has 0 aliphatic carbocycles. The number of aromatic carboxylic acids is 1. The molecule has 1 aliphatic heterocycles. The van der Waals surface area contributed by atoms with Crippen LogP contribution >= 0.6 is 43.6 Å². The van der Waals surface area contributed by atoms with Gasteiger partial charge in [0.1, 0.15) is 18.9 Å². The van der Waals surface area contributed by atoms with Crippen LogP contribution < -0.4 is 4.74 Å². The molecule has 0 unspecified atom stereocenters. The lowest BCUT2D eigenvalue weighted by Gasteiger charge is -2.12. The Kier molecular flexibility index (Phi) is 8.33. The third-order valence-corrected chi connectivity index (χ3v) is 6.45. The first-order valence-electron chi connectivity index (χ1n) is 9.54. The lowest BCUT2D eigenvalue weighted by molar-refractivity contribution is -0.145. The molecule has 1 fully saturated rings. The average molecular weight is 599 g/mol. The zero-order valence-corrected chi connectivity index (χ0v) is 21.2. The van der Waals surface area contributed by atoms with E-state index in [1.54, 1.807) is 37.3 Å². The molecule has 11 heteroatoms. The van der Waals surface area contributed by atoms with Crippen LogP contribution in [0.5, 0.6) is 5.75 Å². The Labute approximate surface area is 210 Å². The molecule has 0 atom stereocenters. The highest BCUT2D eigenvalue weighted by Crippen LogP contribution is 2.38. The SMILES string of the molecule is CCOC(=O)CN1C(=O)S/C(=C/c2cc(Br)c(OCc3ccc(C(=O)O)cc3)c(Br)c2)C1=O. The van der Waals surface area contributed by atoms with Crippen LogP contribution in [-0.4, -0.2) is 46.2 Å². The number of carboxylic acids is 1. The fourth-order valence-corrected chi connectivity index (χ4v) is 5.11. The molecule has 1 N–H and O–H groups in total. The first-order chi connectivity index (χ1) is 15.7. The standard InChI is InChI=1S/C22H17Br2NO7S/c1-2-31-18(26)10-25-20(27)17(33-22(25)30)9-13-7-15(23)19(16(24)8-13)32-11-12-3-5-14(6-4-12)21(28)29/h3-9H,2,10-11H2,1H3,(H,28,29)/b17-9+. The fourth-order valence-electron chi connectivity index (χ4n) is 2.82. The molecule has 0 spiro atoms. The van der Waals surface area contributed by atoms with Gasteiger partial charge in [-0.3, -0.25) is 19.3 Å². The second-order valence-corrected chi connectivity index (χ2v) is 9.38. The summed E-state index contributed by atoms with van der Waals surface area (Å²) in [6, 6.07) is 9.81. The first kappa shape index (κ1) is 25.0. The predicted molar refractivity (Wildman–Crippen MR) is 129 cm³/mol. The zero-order valence-electron chi connectivity index (χ0n) is 17.2. The maximum absolute atomic E-state index is 12.5. The number of nitrogens with zero attached hydrogens (tertiary/aromatic N) is 1. The Morgan fingerprint density at radius 2 is 1.76 bits per heavy atom. The van der Waals surface area contributed by atoms with Crippen molar-refractivity contribution in [2.24, 2.45) is 0 Å². The van der Waals surface area contributed by atoms with Gasteiger partial charge in [-0.25, -0.2) is 4.79 Å². The molecule has 1 saturated heterocycles. The largest absolute Gasteiger partial charge is 0.487 e. The third-order valence-electron chi connectivity index (χ3n) is 4.37. The maximum Gasteiger partial charge on any atom is 0.335 e. The summed E-state index contributed by atoms with van der Waals surface area (Å²) in [6.07, 6.45) is 1.56. The monoisotopic (exact) mass is 597 g/mol. The van der Waals surface area contributed by atoms with Crippen molar-refractivity contribution in [3.8, 4) is 5.75 Å². The van der Waals surface area contributed by atoms with Crippen molar-refractivity contribution in [3.05, 3.63) is 66.9 Å². The number of rotatable bonds is 8. The number of halogens is 2. The minimum absolute atomic E-state index is 0.162. The van der Waals surface area contributed by atoms with Crippen molar-refractivity contribution in [2.45, 2.75) is 13.5 Å². The van der Waals surface area contributed by atoms with E-state index in [2.05, 4.69) is 31.9 Å². The average Bonchev–Trinajstić information content (AvgIpc) is 3.01. The Morgan fingerprint density at radius 1 is 1.12 bits per heavy atom. The van der Waals surface area contributed by atoms with Gasteiger partial charge in [-0.1, -0.05) is 12.1 Å². The molecule has 1 aliphatic rings. The number of ether oxygens (including phenoxy) is 2. The molecular weight excluding hydrogens is 582 g/mol. The Hall–Kier alpha value is -2.63. The number of thioether (sulfide) groups is 1. The van der Waals surface area contributed by atoms with Crippen molar-refractivity contribution < 1.29 is 33.8 Å². The van der Waals surface area contributed by atoms with Crippen LogP contribution in [0.2, 0.25) is 0 Å². The minimum atomic E-state index is -0.998. The number of carboxylic acid groups (broad SMARTS) is 1. The fraction of sp³-hybridized carbons (Fsp3) is 0.182. The predicted octanol–water partition coefficient (Wildman–Crippen LogP) is 5.09. The second kappa shape index (κ2) is 11.0. The van der Waals surface area contributed by atoms with Crippen LogP contribution in [-0.2, 0) is 20.9 Å². The van der Waals surface area contributed by atoms with Gasteiger partial charge in [0.25, 0.3) is 11.1 Å². The van der Waals surface area contributed by atoms with Gasteiger partial charge in [0.05, 0.1) is 26.0 Å². The molecule has 0 saturated carbocycles. The normalized spacial score (nSPS) is 14.6. The molecule has 0 bridgehead atoms. The van der Waals surface area contributed by atoms with E-state index < -0.39 is 29.6 Å². The number of amides is 2. The van der Waals surface area contributed by atoms with E-state index in [1.165, 1.54) is 12.1 Å². The van der Waals surface area contributed by atoms with E-state index in [0.29, 0.717) is 20.3 Å². The van der Waals surface area contributed by atoms with Crippen molar-refractivity contribution in [2.75, 3.05) is 13.2 Å². The number of carbonyl (C=O) groups is 4. The summed E-state index contributed by atoms with van der Waals surface area (Å²) >= 11 is 7.65. The van der Waals surface area contributed by atoms with Gasteiger partial charge in [-0.15, -0.1) is 0 Å². The van der Waals surface area contributed by atoms with Crippen LogP contribution in [0.25, 0.3) is 6.08 Å². The van der Waals surface area contributed by atoms with E-state index in [9.17, 15) is 19.2 Å². The smallest absolute Gasteiger partial charge is 0.335 e. The summed E-state index contributed by atoms with van der Waals surface area (Å²) in [5.41, 5.74) is 1.61. The van der Waals surface area contributed by atoms with E-state index in [4.69, 9.17) is 14.6 Å². The Bertz CT molecular complexity index is 1120. The van der Waals surface area contributed by atoms with Gasteiger partial charge in [0, 0.05) is 0 Å². The molecule has 0 radical (unpaired) electrons. The summed E-state index contributed by atoms with van der Waals surface area (Å²) in [5, 5.41) is 8.44. The number of hydrogen-bond acceptors (Lipinski definition) is 7. The Morgan fingerprint density at radius 3 is 2.33 bits per heavy atom. The summed E-state index contributed by atoms with van der Waals surface area (Å²) in [7, 11) is 0. The van der Waals surface area contributed by atoms with Gasteiger partial charge < -0.3 is 14.6 Å². The maximum atomic E-state index is 12.5. The molecular formula is C22H17Br2NO7S. The molecule has 2 aromatic rings.